The lowest BCUT2D eigenvalue weighted by Gasteiger charge is -2.20. The molecule has 1 unspecified atom stereocenters. The number of sulfonamides is 1. The monoisotopic (exact) mass is 363 g/mol. The largest absolute Gasteiger partial charge is 0.243 e. The SMILES string of the molecule is CCC1CCCN(S(=O)(=O)c2ccc(Br)c(F)c2)CC1. The topological polar surface area (TPSA) is 37.4 Å². The Labute approximate surface area is 128 Å². The van der Waals surface area contributed by atoms with Gasteiger partial charge < -0.3 is 0 Å². The molecule has 6 heteroatoms. The minimum atomic E-state index is -3.58. The van der Waals surface area contributed by atoms with Crippen molar-refractivity contribution < 1.29 is 12.8 Å². The van der Waals surface area contributed by atoms with E-state index in [1.54, 1.807) is 0 Å². The predicted octanol–water partition coefficient (Wildman–Crippen LogP) is 3.79. The van der Waals surface area contributed by atoms with Crippen LogP contribution in [-0.2, 0) is 10.0 Å². The van der Waals surface area contributed by atoms with E-state index in [1.165, 1.54) is 16.4 Å². The van der Waals surface area contributed by atoms with Gasteiger partial charge in [-0.2, -0.15) is 4.31 Å². The minimum absolute atomic E-state index is 0.0353. The van der Waals surface area contributed by atoms with Crippen molar-refractivity contribution >= 4 is 26.0 Å². The van der Waals surface area contributed by atoms with Gasteiger partial charge in [0.2, 0.25) is 10.0 Å². The van der Waals surface area contributed by atoms with Crippen LogP contribution in [0.5, 0.6) is 0 Å². The lowest BCUT2D eigenvalue weighted by molar-refractivity contribution is 0.407. The molecular weight excluding hydrogens is 345 g/mol. The molecule has 3 nitrogen and oxygen atoms in total. The van der Waals surface area contributed by atoms with Crippen molar-refractivity contribution in [3.05, 3.63) is 28.5 Å². The van der Waals surface area contributed by atoms with Gasteiger partial charge in [0.1, 0.15) is 5.82 Å². The van der Waals surface area contributed by atoms with E-state index in [0.717, 1.165) is 31.7 Å². The Bertz CT molecular complexity index is 577. The third-order valence-electron chi connectivity index (χ3n) is 3.91. The first kappa shape index (κ1) is 15.9. The number of hydrogen-bond acceptors (Lipinski definition) is 2. The smallest absolute Gasteiger partial charge is 0.207 e. The highest BCUT2D eigenvalue weighted by Gasteiger charge is 2.27. The van der Waals surface area contributed by atoms with E-state index in [2.05, 4.69) is 22.9 Å². The quantitative estimate of drug-likeness (QED) is 0.819. The van der Waals surface area contributed by atoms with Gasteiger partial charge in [-0.3, -0.25) is 0 Å². The summed E-state index contributed by atoms with van der Waals surface area (Å²) < 4.78 is 40.4. The molecule has 0 aliphatic carbocycles. The predicted molar refractivity (Wildman–Crippen MR) is 80.5 cm³/mol. The highest BCUT2D eigenvalue weighted by Crippen LogP contribution is 2.26. The van der Waals surface area contributed by atoms with Crippen LogP contribution in [0, 0.1) is 11.7 Å². The van der Waals surface area contributed by atoms with Crippen LogP contribution in [0.1, 0.15) is 32.6 Å². The molecular formula is C14H19BrFNO2S. The standard InChI is InChI=1S/C14H19BrFNO2S/c1-2-11-4-3-8-17(9-7-11)20(18,19)12-5-6-13(15)14(16)10-12/h5-6,10-11H,2-4,7-9H2,1H3. The summed E-state index contributed by atoms with van der Waals surface area (Å²) in [7, 11) is -3.58. The maximum Gasteiger partial charge on any atom is 0.243 e. The molecule has 1 saturated heterocycles. The van der Waals surface area contributed by atoms with Crippen LogP contribution in [0.15, 0.2) is 27.6 Å². The zero-order valence-corrected chi connectivity index (χ0v) is 13.9. The molecule has 0 saturated carbocycles. The van der Waals surface area contributed by atoms with E-state index in [0.29, 0.717) is 19.0 Å². The van der Waals surface area contributed by atoms with Crippen LogP contribution in [0.2, 0.25) is 0 Å². The molecule has 1 heterocycles. The van der Waals surface area contributed by atoms with Crippen LogP contribution in [0.4, 0.5) is 4.39 Å². The molecule has 1 aromatic carbocycles. The summed E-state index contributed by atoms with van der Waals surface area (Å²) in [5.41, 5.74) is 0. The third kappa shape index (κ3) is 3.40. The molecule has 1 aliphatic heterocycles. The number of benzene rings is 1. The molecule has 1 fully saturated rings. The molecule has 1 aliphatic rings. The Hall–Kier alpha value is -0.460. The minimum Gasteiger partial charge on any atom is -0.207 e. The average molecular weight is 364 g/mol. The van der Waals surface area contributed by atoms with Crippen molar-refractivity contribution in [2.24, 2.45) is 5.92 Å². The summed E-state index contributed by atoms with van der Waals surface area (Å²) >= 11 is 3.04. The van der Waals surface area contributed by atoms with Gasteiger partial charge in [0.05, 0.1) is 9.37 Å². The number of nitrogens with zero attached hydrogens (tertiary/aromatic N) is 1. The Kier molecular flexibility index (Phi) is 5.20. The van der Waals surface area contributed by atoms with Gasteiger partial charge in [-0.05, 0) is 59.3 Å². The Morgan fingerprint density at radius 2 is 2.10 bits per heavy atom. The van der Waals surface area contributed by atoms with E-state index >= 15 is 0 Å². The van der Waals surface area contributed by atoms with Gasteiger partial charge in [0, 0.05) is 13.1 Å². The average Bonchev–Trinajstić information content (AvgIpc) is 2.67. The maximum atomic E-state index is 13.5. The summed E-state index contributed by atoms with van der Waals surface area (Å²) in [6, 6.07) is 3.97. The first-order valence-corrected chi connectivity index (χ1v) is 9.13. The fourth-order valence-electron chi connectivity index (χ4n) is 2.57. The summed E-state index contributed by atoms with van der Waals surface area (Å²) in [6.45, 7) is 3.19. The highest BCUT2D eigenvalue weighted by atomic mass is 79.9. The second-order valence-corrected chi connectivity index (χ2v) is 7.98. The summed E-state index contributed by atoms with van der Waals surface area (Å²) in [5.74, 6) is 0.0455. The molecule has 0 spiro atoms. The van der Waals surface area contributed by atoms with Crippen molar-refractivity contribution in [1.29, 1.82) is 0 Å². The van der Waals surface area contributed by atoms with Gasteiger partial charge >= 0.3 is 0 Å². The molecule has 1 atom stereocenters. The van der Waals surface area contributed by atoms with Crippen molar-refractivity contribution in [3.63, 3.8) is 0 Å². The van der Waals surface area contributed by atoms with E-state index < -0.39 is 15.8 Å². The van der Waals surface area contributed by atoms with Gasteiger partial charge in [-0.25, -0.2) is 12.8 Å². The fourth-order valence-corrected chi connectivity index (χ4v) is 4.33. The molecule has 0 aromatic heterocycles. The van der Waals surface area contributed by atoms with Crippen molar-refractivity contribution in [2.75, 3.05) is 13.1 Å². The second kappa shape index (κ2) is 6.54. The normalized spacial score (nSPS) is 21.6. The van der Waals surface area contributed by atoms with Crippen molar-refractivity contribution in [2.45, 2.75) is 37.5 Å². The third-order valence-corrected chi connectivity index (χ3v) is 6.45. The van der Waals surface area contributed by atoms with E-state index in [4.69, 9.17) is 0 Å². The van der Waals surface area contributed by atoms with Gasteiger partial charge in [0.25, 0.3) is 0 Å². The highest BCUT2D eigenvalue weighted by molar-refractivity contribution is 9.10. The Morgan fingerprint density at radius 1 is 1.35 bits per heavy atom. The lowest BCUT2D eigenvalue weighted by atomic mass is 9.98. The number of rotatable bonds is 3. The molecule has 0 radical (unpaired) electrons. The van der Waals surface area contributed by atoms with E-state index in [9.17, 15) is 12.8 Å². The van der Waals surface area contributed by atoms with Crippen molar-refractivity contribution in [3.8, 4) is 0 Å². The van der Waals surface area contributed by atoms with Crippen LogP contribution >= 0.6 is 15.9 Å². The van der Waals surface area contributed by atoms with Gasteiger partial charge in [-0.15, -0.1) is 0 Å². The van der Waals surface area contributed by atoms with Crippen LogP contribution < -0.4 is 0 Å². The molecule has 20 heavy (non-hydrogen) atoms. The number of hydrogen-bond donors (Lipinski definition) is 0. The molecule has 2 rings (SSSR count). The maximum absolute atomic E-state index is 13.5. The van der Waals surface area contributed by atoms with Gasteiger partial charge in [0.15, 0.2) is 0 Å². The zero-order valence-electron chi connectivity index (χ0n) is 11.5. The molecule has 0 N–H and O–H groups in total. The molecule has 1 aromatic rings. The van der Waals surface area contributed by atoms with Crippen LogP contribution in [0.25, 0.3) is 0 Å². The van der Waals surface area contributed by atoms with Gasteiger partial charge in [-0.1, -0.05) is 13.3 Å². The second-order valence-electron chi connectivity index (χ2n) is 5.19. The first-order valence-electron chi connectivity index (χ1n) is 6.90. The summed E-state index contributed by atoms with van der Waals surface area (Å²) in [4.78, 5) is 0.0353. The molecule has 112 valence electrons. The zero-order chi connectivity index (χ0) is 14.8. The van der Waals surface area contributed by atoms with Crippen molar-refractivity contribution in [1.82, 2.24) is 4.31 Å². The van der Waals surface area contributed by atoms with Crippen LogP contribution in [-0.4, -0.2) is 25.8 Å². The lowest BCUT2D eigenvalue weighted by Crippen LogP contribution is -2.32. The molecule has 0 amide bonds. The first-order chi connectivity index (χ1) is 9.45. The Morgan fingerprint density at radius 3 is 2.75 bits per heavy atom. The fraction of sp³-hybridized carbons (Fsp3) is 0.571. The van der Waals surface area contributed by atoms with E-state index in [-0.39, 0.29) is 9.37 Å². The molecule has 0 bridgehead atoms. The summed E-state index contributed by atoms with van der Waals surface area (Å²) in [6.07, 6.45) is 3.91. The Balaban J connectivity index is 2.23. The summed E-state index contributed by atoms with van der Waals surface area (Å²) in [5, 5.41) is 0. The van der Waals surface area contributed by atoms with E-state index in [1.807, 2.05) is 0 Å². The van der Waals surface area contributed by atoms with Crippen LogP contribution in [0.3, 0.4) is 0 Å². The number of halogens is 2.